The van der Waals surface area contributed by atoms with Crippen molar-refractivity contribution in [2.45, 2.75) is 23.1 Å². The fraction of sp³-hybridized carbons (Fsp3) is 0.0909. The number of sulfone groups is 1. The second-order valence-corrected chi connectivity index (χ2v) is 12.5. The first kappa shape index (κ1) is 31.3. The first-order valence-electron chi connectivity index (χ1n) is 13.3. The van der Waals surface area contributed by atoms with Gasteiger partial charge in [0.2, 0.25) is 0 Å². The third-order valence-electron chi connectivity index (χ3n) is 7.06. The van der Waals surface area contributed by atoms with E-state index < -0.39 is 50.7 Å². The Morgan fingerprint density at radius 3 is 2.29 bits per heavy atom. The van der Waals surface area contributed by atoms with Crippen LogP contribution in [0.15, 0.2) is 96.0 Å². The molecule has 1 atom stereocenters. The fourth-order valence-corrected chi connectivity index (χ4v) is 6.56. The van der Waals surface area contributed by atoms with Gasteiger partial charge < -0.3 is 10.4 Å². The molecule has 5 aromatic rings. The molecule has 2 N–H and O–H groups in total. The zero-order valence-corrected chi connectivity index (χ0v) is 24.7. The number of hydrogen-bond donors (Lipinski definition) is 2. The summed E-state index contributed by atoms with van der Waals surface area (Å²) in [5, 5.41) is 22.1. The summed E-state index contributed by atoms with van der Waals surface area (Å²) in [5.74, 6) is -6.17. The highest BCUT2D eigenvalue weighted by atomic mass is 35.5. The van der Waals surface area contributed by atoms with Gasteiger partial charge in [0.25, 0.3) is 5.91 Å². The molecule has 4 aromatic carbocycles. The van der Waals surface area contributed by atoms with Crippen LogP contribution in [0.5, 0.6) is 0 Å². The van der Waals surface area contributed by atoms with Crippen LogP contribution in [0.25, 0.3) is 22.0 Å². The van der Waals surface area contributed by atoms with Gasteiger partial charge in [-0.05, 0) is 53.6 Å². The Bertz CT molecular complexity index is 2100. The lowest BCUT2D eigenvalue weighted by Crippen LogP contribution is -2.43. The van der Waals surface area contributed by atoms with E-state index in [-0.39, 0.29) is 16.9 Å². The average molecular weight is 646 g/mol. The van der Waals surface area contributed by atoms with Crippen molar-refractivity contribution in [3.05, 3.63) is 130 Å². The number of aliphatic carboxylic acids is 1. The van der Waals surface area contributed by atoms with Gasteiger partial charge in [0.05, 0.1) is 27.8 Å². The van der Waals surface area contributed by atoms with Crippen molar-refractivity contribution in [3.8, 4) is 17.2 Å². The normalized spacial score (nSPS) is 12.0. The summed E-state index contributed by atoms with van der Waals surface area (Å²) in [5.41, 5.74) is 1.29. The highest BCUT2D eigenvalue weighted by Gasteiger charge is 2.27. The number of nitrogens with zero attached hydrogens (tertiary/aromatic N) is 2. The number of benzene rings is 4. The van der Waals surface area contributed by atoms with Gasteiger partial charge in [-0.25, -0.2) is 22.0 Å². The number of pyridine rings is 1. The summed E-state index contributed by atoms with van der Waals surface area (Å²) in [7, 11) is -3.93. The third kappa shape index (κ3) is 6.67. The summed E-state index contributed by atoms with van der Waals surface area (Å²) < 4.78 is 55.4. The first-order chi connectivity index (χ1) is 21.5. The van der Waals surface area contributed by atoms with Gasteiger partial charge in [-0.2, -0.15) is 5.26 Å². The molecule has 0 fully saturated rings. The lowest BCUT2D eigenvalue weighted by molar-refractivity contribution is -0.139. The molecule has 12 heteroatoms. The summed E-state index contributed by atoms with van der Waals surface area (Å²) in [6.45, 7) is 0. The quantitative estimate of drug-likeness (QED) is 0.197. The monoisotopic (exact) mass is 645 g/mol. The molecule has 0 saturated heterocycles. The Morgan fingerprint density at radius 1 is 0.956 bits per heavy atom. The first-order valence-corrected chi connectivity index (χ1v) is 15.4. The summed E-state index contributed by atoms with van der Waals surface area (Å²) in [4.78, 5) is 29.6. The molecule has 0 unspecified atom stereocenters. The summed E-state index contributed by atoms with van der Waals surface area (Å²) >= 11 is 6.42. The minimum absolute atomic E-state index is 0.0345. The lowest BCUT2D eigenvalue weighted by atomic mass is 9.94. The van der Waals surface area contributed by atoms with Gasteiger partial charge >= 0.3 is 5.97 Å². The van der Waals surface area contributed by atoms with Crippen molar-refractivity contribution in [1.82, 2.24) is 10.3 Å². The Morgan fingerprint density at radius 2 is 1.64 bits per heavy atom. The predicted molar refractivity (Wildman–Crippen MR) is 163 cm³/mol. The average Bonchev–Trinajstić information content (AvgIpc) is 3.00. The van der Waals surface area contributed by atoms with E-state index >= 15 is 8.78 Å². The van der Waals surface area contributed by atoms with Gasteiger partial charge in [0, 0.05) is 34.2 Å². The molecule has 1 amide bonds. The number of carboxylic acids is 1. The molecule has 0 radical (unpaired) electrons. The van der Waals surface area contributed by atoms with Gasteiger partial charge in [-0.1, -0.05) is 54.1 Å². The second-order valence-electron chi connectivity index (χ2n) is 10.1. The number of rotatable bonds is 9. The van der Waals surface area contributed by atoms with Crippen molar-refractivity contribution < 1.29 is 31.9 Å². The van der Waals surface area contributed by atoms with Crippen LogP contribution in [0.3, 0.4) is 0 Å². The smallest absolute Gasteiger partial charge is 0.326 e. The second kappa shape index (κ2) is 12.8. The van der Waals surface area contributed by atoms with Crippen molar-refractivity contribution in [2.24, 2.45) is 0 Å². The van der Waals surface area contributed by atoms with Crippen LogP contribution >= 0.6 is 11.6 Å². The molecule has 8 nitrogen and oxygen atoms in total. The van der Waals surface area contributed by atoms with Gasteiger partial charge in [-0.3, -0.25) is 9.78 Å². The molecule has 0 bridgehead atoms. The van der Waals surface area contributed by atoms with E-state index in [1.807, 2.05) is 6.07 Å². The van der Waals surface area contributed by atoms with E-state index in [2.05, 4.69) is 10.3 Å². The minimum atomic E-state index is -3.93. The van der Waals surface area contributed by atoms with Gasteiger partial charge in [0.15, 0.2) is 9.84 Å². The van der Waals surface area contributed by atoms with Crippen LogP contribution in [-0.4, -0.2) is 36.4 Å². The number of amides is 1. The molecule has 1 heterocycles. The molecular weight excluding hydrogens is 624 g/mol. The zero-order valence-electron chi connectivity index (χ0n) is 23.2. The van der Waals surface area contributed by atoms with Gasteiger partial charge in [0.1, 0.15) is 23.2 Å². The van der Waals surface area contributed by atoms with E-state index in [1.54, 1.807) is 48.7 Å². The SMILES string of the molecule is N#Cc1ccc(-c2ccc(C[C@H](NC(=O)c3c(F)cc(CS(=O)(=O)c4ccccc4)cc3F)C(=O)O)c3cccnc23)c(Cl)c1. The molecule has 5 rings (SSSR count). The number of fused-ring (bicyclic) bond motifs is 1. The molecule has 45 heavy (non-hydrogen) atoms. The minimum Gasteiger partial charge on any atom is -0.480 e. The Labute approximate surface area is 261 Å². The maximum absolute atomic E-state index is 15.0. The molecule has 0 aliphatic rings. The highest BCUT2D eigenvalue weighted by molar-refractivity contribution is 7.90. The molecule has 0 saturated carbocycles. The van der Waals surface area contributed by atoms with Crippen molar-refractivity contribution in [1.29, 1.82) is 5.26 Å². The Balaban J connectivity index is 1.41. The number of carboxylic acid groups (broad SMARTS) is 1. The van der Waals surface area contributed by atoms with E-state index in [4.69, 9.17) is 16.9 Å². The van der Waals surface area contributed by atoms with E-state index in [9.17, 15) is 23.1 Å². The molecule has 1 aromatic heterocycles. The zero-order chi connectivity index (χ0) is 32.3. The predicted octanol–water partition coefficient (Wildman–Crippen LogP) is 6.10. The third-order valence-corrected chi connectivity index (χ3v) is 9.08. The maximum Gasteiger partial charge on any atom is 0.326 e. The fourth-order valence-electron chi connectivity index (χ4n) is 4.94. The standard InChI is InChI=1S/C33H22ClF2N3O5S/c34-26-13-19(17-37)8-10-24(26)25-11-9-21(23-7-4-12-38-31(23)25)16-29(33(41)42)39-32(40)30-27(35)14-20(15-28(30)36)18-45(43,44)22-5-2-1-3-6-22/h1-15,29H,16,18H2,(H,39,40)(H,41,42)/t29-/m0/s1. The van der Waals surface area contributed by atoms with Crippen LogP contribution in [0, 0.1) is 23.0 Å². The maximum atomic E-state index is 15.0. The van der Waals surface area contributed by atoms with Crippen molar-refractivity contribution in [2.75, 3.05) is 0 Å². The van der Waals surface area contributed by atoms with Crippen LogP contribution in [0.4, 0.5) is 8.78 Å². The number of carbonyl (C=O) groups is 2. The summed E-state index contributed by atoms with van der Waals surface area (Å²) in [6, 6.07) is 20.7. The topological polar surface area (TPSA) is 137 Å². The number of halogens is 3. The number of hydrogen-bond acceptors (Lipinski definition) is 6. The number of aromatic nitrogens is 1. The van der Waals surface area contributed by atoms with Gasteiger partial charge in [-0.15, -0.1) is 0 Å². The molecule has 0 aliphatic carbocycles. The lowest BCUT2D eigenvalue weighted by Gasteiger charge is -2.18. The van der Waals surface area contributed by atoms with Crippen molar-refractivity contribution >= 4 is 44.2 Å². The van der Waals surface area contributed by atoms with E-state index in [0.29, 0.717) is 38.2 Å². The Kier molecular flexibility index (Phi) is 8.90. The highest BCUT2D eigenvalue weighted by Crippen LogP contribution is 2.35. The molecular formula is C33H22ClF2N3O5S. The number of nitrogens with one attached hydrogen (secondary N) is 1. The number of nitriles is 1. The Hall–Kier alpha value is -5.18. The molecule has 226 valence electrons. The summed E-state index contributed by atoms with van der Waals surface area (Å²) in [6.07, 6.45) is 1.28. The van der Waals surface area contributed by atoms with Crippen LogP contribution in [0.1, 0.15) is 27.0 Å². The van der Waals surface area contributed by atoms with E-state index in [0.717, 1.165) is 12.1 Å². The molecule has 0 aliphatic heterocycles. The largest absolute Gasteiger partial charge is 0.480 e. The molecule has 0 spiro atoms. The van der Waals surface area contributed by atoms with Crippen LogP contribution in [-0.2, 0) is 26.8 Å². The van der Waals surface area contributed by atoms with Crippen molar-refractivity contribution in [3.63, 3.8) is 0 Å². The number of carbonyl (C=O) groups excluding carboxylic acids is 1. The van der Waals surface area contributed by atoms with Crippen LogP contribution in [0.2, 0.25) is 5.02 Å². The van der Waals surface area contributed by atoms with E-state index in [1.165, 1.54) is 30.3 Å². The van der Waals surface area contributed by atoms with Crippen LogP contribution < -0.4 is 5.32 Å².